The zero-order valence-electron chi connectivity index (χ0n) is 14.5. The summed E-state index contributed by atoms with van der Waals surface area (Å²) < 4.78 is 43.6. The molecule has 0 saturated carbocycles. The van der Waals surface area contributed by atoms with Gasteiger partial charge in [-0.2, -0.15) is 18.4 Å². The molecule has 0 radical (unpaired) electrons. The molecule has 9 heteroatoms. The molecule has 1 amide bonds. The number of methoxy groups -OCH3 is 1. The highest BCUT2D eigenvalue weighted by Gasteiger charge is 2.33. The van der Waals surface area contributed by atoms with Crippen LogP contribution in [0.4, 0.5) is 24.5 Å². The molecule has 0 saturated heterocycles. The number of halogens is 3. The summed E-state index contributed by atoms with van der Waals surface area (Å²) in [6.07, 6.45) is -3.63. The molecule has 0 bridgehead atoms. The van der Waals surface area contributed by atoms with Gasteiger partial charge >= 0.3 is 12.1 Å². The van der Waals surface area contributed by atoms with Gasteiger partial charge in [-0.15, -0.1) is 0 Å². The highest BCUT2D eigenvalue weighted by atomic mass is 19.4. The minimum absolute atomic E-state index is 0.239. The van der Waals surface area contributed by atoms with Crippen LogP contribution in [0.25, 0.3) is 0 Å². The highest BCUT2D eigenvalue weighted by molar-refractivity contribution is 6.07. The van der Waals surface area contributed by atoms with Gasteiger partial charge < -0.3 is 15.4 Å². The van der Waals surface area contributed by atoms with E-state index in [-0.39, 0.29) is 5.56 Å². The monoisotopic (exact) mass is 389 g/mol. The molecule has 0 fully saturated rings. The van der Waals surface area contributed by atoms with Crippen LogP contribution in [0.5, 0.6) is 0 Å². The van der Waals surface area contributed by atoms with E-state index in [1.165, 1.54) is 31.4 Å². The number of alkyl halides is 3. The Bertz CT molecular complexity index is 963. The number of ether oxygens (including phenoxy) is 1. The van der Waals surface area contributed by atoms with Crippen molar-refractivity contribution in [3.63, 3.8) is 0 Å². The Balaban J connectivity index is 2.19. The van der Waals surface area contributed by atoms with E-state index in [9.17, 15) is 22.8 Å². The van der Waals surface area contributed by atoms with Crippen LogP contribution in [0.3, 0.4) is 0 Å². The van der Waals surface area contributed by atoms with Crippen LogP contribution in [0, 0.1) is 11.3 Å². The molecule has 0 aliphatic carbocycles. The normalized spacial score (nSPS) is 11.3. The zero-order chi connectivity index (χ0) is 20.7. The molecule has 144 valence electrons. The first-order chi connectivity index (χ1) is 13.3. The minimum Gasteiger partial charge on any atom is -0.465 e. The molecular formula is C19H14F3N3O3. The molecule has 0 aliphatic rings. The highest BCUT2D eigenvalue weighted by Crippen LogP contribution is 2.34. The van der Waals surface area contributed by atoms with E-state index < -0.39 is 34.9 Å². The van der Waals surface area contributed by atoms with E-state index in [1.54, 1.807) is 18.2 Å². The van der Waals surface area contributed by atoms with Crippen LogP contribution < -0.4 is 10.6 Å². The average Bonchev–Trinajstić information content (AvgIpc) is 2.67. The quantitative estimate of drug-likeness (QED) is 0.459. The fourth-order valence-electron chi connectivity index (χ4n) is 2.19. The van der Waals surface area contributed by atoms with Gasteiger partial charge in [0, 0.05) is 11.9 Å². The Labute approximate surface area is 158 Å². The predicted octanol–water partition coefficient (Wildman–Crippen LogP) is 3.95. The van der Waals surface area contributed by atoms with E-state index in [0.717, 1.165) is 18.3 Å². The van der Waals surface area contributed by atoms with E-state index >= 15 is 0 Å². The van der Waals surface area contributed by atoms with Gasteiger partial charge in [-0.25, -0.2) is 4.79 Å². The summed E-state index contributed by atoms with van der Waals surface area (Å²) in [5, 5.41) is 13.9. The second kappa shape index (κ2) is 8.73. The molecule has 2 N–H and O–H groups in total. The molecule has 0 unspecified atom stereocenters. The minimum atomic E-state index is -4.66. The number of nitrogens with zero attached hydrogens (tertiary/aromatic N) is 1. The van der Waals surface area contributed by atoms with Crippen molar-refractivity contribution < 1.29 is 27.5 Å². The smallest absolute Gasteiger partial charge is 0.418 e. The predicted molar refractivity (Wildman–Crippen MR) is 95.2 cm³/mol. The molecule has 0 atom stereocenters. The largest absolute Gasteiger partial charge is 0.465 e. The van der Waals surface area contributed by atoms with E-state index in [1.807, 2.05) is 0 Å². The molecular weight excluding hydrogens is 375 g/mol. The molecule has 0 spiro atoms. The van der Waals surface area contributed by atoms with Gasteiger partial charge in [-0.05, 0) is 30.3 Å². The molecule has 0 aliphatic heterocycles. The molecule has 0 heterocycles. The lowest BCUT2D eigenvalue weighted by Crippen LogP contribution is -2.18. The number of nitrogens with one attached hydrogen (secondary N) is 2. The Morgan fingerprint density at radius 3 is 2.50 bits per heavy atom. The van der Waals surface area contributed by atoms with Crippen molar-refractivity contribution in [3.05, 3.63) is 71.4 Å². The second-order valence-corrected chi connectivity index (χ2v) is 5.38. The Hall–Kier alpha value is -3.80. The van der Waals surface area contributed by atoms with Gasteiger partial charge in [0.1, 0.15) is 11.6 Å². The summed E-state index contributed by atoms with van der Waals surface area (Å²) in [7, 11) is 1.22. The van der Waals surface area contributed by atoms with E-state index in [0.29, 0.717) is 5.69 Å². The van der Waals surface area contributed by atoms with Crippen LogP contribution in [0.15, 0.2) is 60.3 Å². The fourth-order valence-corrected chi connectivity index (χ4v) is 2.19. The maximum Gasteiger partial charge on any atom is 0.418 e. The van der Waals surface area contributed by atoms with Gasteiger partial charge in [0.2, 0.25) is 0 Å². The lowest BCUT2D eigenvalue weighted by molar-refractivity contribution is -0.137. The number of hydrogen-bond donors (Lipinski definition) is 2. The summed E-state index contributed by atoms with van der Waals surface area (Å²) in [4.78, 5) is 23.7. The molecule has 2 aromatic carbocycles. The SMILES string of the molecule is COC(=O)c1cccc(N/C=C(/C#N)C(=O)Nc2ccccc2C(F)(F)F)c1. The van der Waals surface area contributed by atoms with Gasteiger partial charge in [0.15, 0.2) is 0 Å². The Morgan fingerprint density at radius 1 is 1.14 bits per heavy atom. The second-order valence-electron chi connectivity index (χ2n) is 5.38. The standard InChI is InChI=1S/C19H14F3N3O3/c1-28-18(27)12-5-4-6-14(9-12)24-11-13(10-23)17(26)25-16-8-3-2-7-15(16)19(20,21)22/h2-9,11,24H,1H3,(H,25,26)/b13-11-. The Morgan fingerprint density at radius 2 is 1.86 bits per heavy atom. The van der Waals surface area contributed by atoms with Crippen molar-refractivity contribution in [2.45, 2.75) is 6.18 Å². The van der Waals surface area contributed by atoms with Crippen LogP contribution in [-0.2, 0) is 15.7 Å². The number of esters is 1. The van der Waals surface area contributed by atoms with Crippen molar-refractivity contribution in [3.8, 4) is 6.07 Å². The maximum absolute atomic E-state index is 13.0. The fraction of sp³-hybridized carbons (Fsp3) is 0.105. The molecule has 2 rings (SSSR count). The third-order valence-electron chi connectivity index (χ3n) is 3.51. The number of nitriles is 1. The van der Waals surface area contributed by atoms with Crippen molar-refractivity contribution in [2.24, 2.45) is 0 Å². The molecule has 0 aromatic heterocycles. The molecule has 28 heavy (non-hydrogen) atoms. The number of benzene rings is 2. The van der Waals surface area contributed by atoms with Crippen LogP contribution in [-0.4, -0.2) is 19.0 Å². The number of rotatable bonds is 5. The van der Waals surface area contributed by atoms with Gasteiger partial charge in [0.05, 0.1) is 23.9 Å². The lowest BCUT2D eigenvalue weighted by Gasteiger charge is -2.13. The summed E-state index contributed by atoms with van der Waals surface area (Å²) in [6.45, 7) is 0. The number of amides is 1. The number of carbonyl (C=O) groups is 2. The third-order valence-corrected chi connectivity index (χ3v) is 3.51. The number of para-hydroxylation sites is 1. The summed E-state index contributed by atoms with van der Waals surface area (Å²) in [5.74, 6) is -1.59. The first kappa shape index (κ1) is 20.5. The van der Waals surface area contributed by atoms with Crippen LogP contribution in [0.1, 0.15) is 15.9 Å². The van der Waals surface area contributed by atoms with Crippen molar-refractivity contribution in [1.29, 1.82) is 5.26 Å². The number of hydrogen-bond acceptors (Lipinski definition) is 5. The molecule has 2 aromatic rings. The first-order valence-electron chi connectivity index (χ1n) is 7.79. The maximum atomic E-state index is 13.0. The van der Waals surface area contributed by atoms with Crippen LogP contribution >= 0.6 is 0 Å². The molecule has 6 nitrogen and oxygen atoms in total. The van der Waals surface area contributed by atoms with Crippen LogP contribution in [0.2, 0.25) is 0 Å². The van der Waals surface area contributed by atoms with Crippen molar-refractivity contribution in [1.82, 2.24) is 0 Å². The van der Waals surface area contributed by atoms with E-state index in [4.69, 9.17) is 5.26 Å². The third kappa shape index (κ3) is 5.11. The van der Waals surface area contributed by atoms with Gasteiger partial charge in [-0.1, -0.05) is 18.2 Å². The zero-order valence-corrected chi connectivity index (χ0v) is 14.5. The topological polar surface area (TPSA) is 91.2 Å². The average molecular weight is 389 g/mol. The number of carbonyl (C=O) groups excluding carboxylic acids is 2. The first-order valence-corrected chi connectivity index (χ1v) is 7.79. The summed E-state index contributed by atoms with van der Waals surface area (Å²) in [6, 6.07) is 12.1. The number of anilines is 2. The summed E-state index contributed by atoms with van der Waals surface area (Å²) >= 11 is 0. The van der Waals surface area contributed by atoms with Crippen molar-refractivity contribution in [2.75, 3.05) is 17.7 Å². The lowest BCUT2D eigenvalue weighted by atomic mass is 10.1. The van der Waals surface area contributed by atoms with Gasteiger partial charge in [0.25, 0.3) is 5.91 Å². The van der Waals surface area contributed by atoms with Gasteiger partial charge in [-0.3, -0.25) is 4.79 Å². The Kier molecular flexibility index (Phi) is 6.39. The van der Waals surface area contributed by atoms with Crippen molar-refractivity contribution >= 4 is 23.3 Å². The van der Waals surface area contributed by atoms with E-state index in [2.05, 4.69) is 15.4 Å². The summed E-state index contributed by atoms with van der Waals surface area (Å²) in [5.41, 5.74) is -1.34.